The molecule has 4 heteroatoms. The van der Waals surface area contributed by atoms with Crippen molar-refractivity contribution in [2.24, 2.45) is 5.73 Å². The molecule has 1 aromatic rings. The number of benzene rings is 1. The maximum atomic E-state index is 12.3. The number of nitrogens with two attached hydrogens (primary N) is 1. The number of aryl methyl sites for hydroxylation is 1. The van der Waals surface area contributed by atoms with Gasteiger partial charge in [0, 0.05) is 38.6 Å². The molecule has 1 atom stereocenters. The first-order chi connectivity index (χ1) is 10.1. The molecule has 2 rings (SSSR count). The van der Waals surface area contributed by atoms with Crippen LogP contribution in [0.2, 0.25) is 0 Å². The summed E-state index contributed by atoms with van der Waals surface area (Å²) < 4.78 is 0. The Balaban J connectivity index is 1.89. The third-order valence-electron chi connectivity index (χ3n) is 4.32. The largest absolute Gasteiger partial charge is 0.343 e. The molecule has 1 aromatic carbocycles. The molecule has 0 aromatic heterocycles. The van der Waals surface area contributed by atoms with Crippen LogP contribution >= 0.6 is 0 Å². The molecule has 2 N–H and O–H groups in total. The molecule has 1 amide bonds. The number of carbonyl (C=O) groups is 1. The second-order valence-electron chi connectivity index (χ2n) is 6.08. The van der Waals surface area contributed by atoms with Gasteiger partial charge in [-0.15, -0.1) is 0 Å². The van der Waals surface area contributed by atoms with Crippen LogP contribution in [0.25, 0.3) is 0 Å². The van der Waals surface area contributed by atoms with E-state index in [0.717, 1.165) is 32.5 Å². The van der Waals surface area contributed by atoms with Crippen LogP contribution in [0, 0.1) is 6.92 Å². The molecule has 21 heavy (non-hydrogen) atoms. The minimum atomic E-state index is 0.111. The molecule has 0 spiro atoms. The summed E-state index contributed by atoms with van der Waals surface area (Å²) in [5.74, 6) is 0.249. The Hall–Kier alpha value is -1.39. The fourth-order valence-corrected chi connectivity index (χ4v) is 2.83. The first kappa shape index (κ1) is 16.0. The average molecular weight is 289 g/mol. The van der Waals surface area contributed by atoms with Gasteiger partial charge in [0.05, 0.1) is 0 Å². The number of amides is 1. The van der Waals surface area contributed by atoms with Crippen molar-refractivity contribution in [1.29, 1.82) is 0 Å². The van der Waals surface area contributed by atoms with Gasteiger partial charge in [0.2, 0.25) is 5.91 Å². The van der Waals surface area contributed by atoms with Gasteiger partial charge in [-0.3, -0.25) is 9.69 Å². The molecule has 1 fully saturated rings. The number of hydrogen-bond donors (Lipinski definition) is 1. The van der Waals surface area contributed by atoms with Gasteiger partial charge in [-0.25, -0.2) is 0 Å². The lowest BCUT2D eigenvalue weighted by atomic mass is 10.1. The molecule has 1 unspecified atom stereocenters. The first-order valence-electron chi connectivity index (χ1n) is 7.84. The molecule has 0 bridgehead atoms. The van der Waals surface area contributed by atoms with Crippen molar-refractivity contribution in [3.8, 4) is 0 Å². The lowest BCUT2D eigenvalue weighted by Crippen LogP contribution is -2.42. The maximum Gasteiger partial charge on any atom is 0.224 e. The summed E-state index contributed by atoms with van der Waals surface area (Å²) in [6.45, 7) is 5.26. The summed E-state index contributed by atoms with van der Waals surface area (Å²) in [7, 11) is 2.05. The van der Waals surface area contributed by atoms with Crippen molar-refractivity contribution in [2.75, 3.05) is 26.7 Å². The van der Waals surface area contributed by atoms with Crippen molar-refractivity contribution in [1.82, 2.24) is 9.80 Å². The smallest absolute Gasteiger partial charge is 0.224 e. The molecule has 1 aliphatic rings. The van der Waals surface area contributed by atoms with Gasteiger partial charge >= 0.3 is 0 Å². The number of likely N-dealkylation sites (N-methyl/N-ethyl adjacent to an activating group) is 1. The van der Waals surface area contributed by atoms with E-state index in [0.29, 0.717) is 13.0 Å². The number of hydrogen-bond acceptors (Lipinski definition) is 3. The topological polar surface area (TPSA) is 49.6 Å². The summed E-state index contributed by atoms with van der Waals surface area (Å²) in [6.07, 6.45) is 2.80. The van der Waals surface area contributed by atoms with Crippen molar-refractivity contribution >= 4 is 5.91 Å². The van der Waals surface area contributed by atoms with Gasteiger partial charge in [-0.05, 0) is 32.4 Å². The highest BCUT2D eigenvalue weighted by Crippen LogP contribution is 2.14. The van der Waals surface area contributed by atoms with Crippen molar-refractivity contribution in [3.05, 3.63) is 35.4 Å². The molecule has 1 aliphatic heterocycles. The zero-order valence-electron chi connectivity index (χ0n) is 13.2. The molecule has 0 aliphatic carbocycles. The highest BCUT2D eigenvalue weighted by molar-refractivity contribution is 5.77. The maximum absolute atomic E-state index is 12.3. The Morgan fingerprint density at radius 1 is 1.29 bits per heavy atom. The molecule has 116 valence electrons. The van der Waals surface area contributed by atoms with Gasteiger partial charge in [0.15, 0.2) is 0 Å². The van der Waals surface area contributed by atoms with Crippen LogP contribution in [-0.4, -0.2) is 48.4 Å². The monoisotopic (exact) mass is 289 g/mol. The summed E-state index contributed by atoms with van der Waals surface area (Å²) in [4.78, 5) is 16.4. The van der Waals surface area contributed by atoms with Crippen LogP contribution in [0.1, 0.15) is 30.4 Å². The van der Waals surface area contributed by atoms with E-state index in [1.165, 1.54) is 11.1 Å². The predicted octanol–water partition coefficient (Wildman–Crippen LogP) is 1.77. The van der Waals surface area contributed by atoms with Crippen molar-refractivity contribution in [2.45, 2.75) is 38.8 Å². The standard InChI is InChI=1S/C17H27N3O/c1-14-5-7-15(8-6-14)13-19(2)16(12-18)11-17(21)20-9-3-4-10-20/h5-8,16H,3-4,9-13,18H2,1-2H3. The number of rotatable bonds is 6. The lowest BCUT2D eigenvalue weighted by Gasteiger charge is -2.28. The first-order valence-corrected chi connectivity index (χ1v) is 7.84. The molecule has 0 radical (unpaired) electrons. The fourth-order valence-electron chi connectivity index (χ4n) is 2.83. The molecule has 1 saturated heterocycles. The summed E-state index contributed by atoms with van der Waals surface area (Å²) in [5, 5.41) is 0. The molecule has 0 saturated carbocycles. The average Bonchev–Trinajstić information content (AvgIpc) is 3.01. The second kappa shape index (κ2) is 7.57. The van der Waals surface area contributed by atoms with Gasteiger partial charge < -0.3 is 10.6 Å². The highest BCUT2D eigenvalue weighted by Gasteiger charge is 2.23. The number of carbonyl (C=O) groups excluding carboxylic acids is 1. The molecule has 1 heterocycles. The van der Waals surface area contributed by atoms with E-state index >= 15 is 0 Å². The van der Waals surface area contributed by atoms with Crippen molar-refractivity contribution in [3.63, 3.8) is 0 Å². The number of likely N-dealkylation sites (tertiary alicyclic amines) is 1. The Morgan fingerprint density at radius 3 is 2.48 bits per heavy atom. The van der Waals surface area contributed by atoms with E-state index < -0.39 is 0 Å². The predicted molar refractivity (Wildman–Crippen MR) is 85.9 cm³/mol. The fraction of sp³-hybridized carbons (Fsp3) is 0.588. The summed E-state index contributed by atoms with van der Waals surface area (Å²) in [5.41, 5.74) is 8.41. The van der Waals surface area contributed by atoms with Crippen LogP contribution in [0.5, 0.6) is 0 Å². The van der Waals surface area contributed by atoms with Gasteiger partial charge in [0.25, 0.3) is 0 Å². The van der Waals surface area contributed by atoms with E-state index in [4.69, 9.17) is 5.73 Å². The Morgan fingerprint density at radius 2 is 1.90 bits per heavy atom. The van der Waals surface area contributed by atoms with Crippen molar-refractivity contribution < 1.29 is 4.79 Å². The van der Waals surface area contributed by atoms with Crippen LogP contribution in [0.4, 0.5) is 0 Å². The Bertz CT molecular complexity index is 452. The lowest BCUT2D eigenvalue weighted by molar-refractivity contribution is -0.131. The zero-order valence-corrected chi connectivity index (χ0v) is 13.2. The van der Waals surface area contributed by atoms with E-state index in [-0.39, 0.29) is 11.9 Å². The van der Waals surface area contributed by atoms with E-state index in [2.05, 4.69) is 43.1 Å². The normalized spacial score (nSPS) is 16.5. The van der Waals surface area contributed by atoms with E-state index in [1.54, 1.807) is 0 Å². The van der Waals surface area contributed by atoms with E-state index in [1.807, 2.05) is 4.90 Å². The molecular weight excluding hydrogens is 262 g/mol. The summed E-state index contributed by atoms with van der Waals surface area (Å²) >= 11 is 0. The van der Waals surface area contributed by atoms with Crippen LogP contribution in [0.3, 0.4) is 0 Å². The van der Waals surface area contributed by atoms with Gasteiger partial charge in [-0.2, -0.15) is 0 Å². The minimum absolute atomic E-state index is 0.111. The van der Waals surface area contributed by atoms with Crippen LogP contribution in [0.15, 0.2) is 24.3 Å². The molecule has 4 nitrogen and oxygen atoms in total. The molecular formula is C17H27N3O. The third-order valence-corrected chi connectivity index (χ3v) is 4.32. The van der Waals surface area contributed by atoms with E-state index in [9.17, 15) is 4.79 Å². The Labute approximate surface area is 127 Å². The quantitative estimate of drug-likeness (QED) is 0.868. The second-order valence-corrected chi connectivity index (χ2v) is 6.08. The van der Waals surface area contributed by atoms with Gasteiger partial charge in [-0.1, -0.05) is 29.8 Å². The van der Waals surface area contributed by atoms with Gasteiger partial charge in [0.1, 0.15) is 0 Å². The zero-order chi connectivity index (χ0) is 15.2. The highest BCUT2D eigenvalue weighted by atomic mass is 16.2. The minimum Gasteiger partial charge on any atom is -0.343 e. The third kappa shape index (κ3) is 4.55. The Kier molecular flexibility index (Phi) is 5.76. The SMILES string of the molecule is Cc1ccc(CN(C)C(CN)CC(=O)N2CCCC2)cc1. The summed E-state index contributed by atoms with van der Waals surface area (Å²) in [6, 6.07) is 8.63. The number of nitrogens with zero attached hydrogens (tertiary/aromatic N) is 2. The van der Waals surface area contributed by atoms with Crippen LogP contribution < -0.4 is 5.73 Å². The van der Waals surface area contributed by atoms with Crippen LogP contribution in [-0.2, 0) is 11.3 Å².